The Labute approximate surface area is 119 Å². The first kappa shape index (κ1) is 12.9. The number of anilines is 1. The van der Waals surface area contributed by atoms with Crippen molar-refractivity contribution in [3.63, 3.8) is 0 Å². The summed E-state index contributed by atoms with van der Waals surface area (Å²) in [6.45, 7) is 0. The first-order valence-electron chi connectivity index (χ1n) is 6.23. The molecule has 3 rings (SSSR count). The van der Waals surface area contributed by atoms with E-state index in [9.17, 15) is 14.4 Å². The molecule has 1 aromatic rings. The molecule has 0 saturated carbocycles. The van der Waals surface area contributed by atoms with E-state index in [1.54, 1.807) is 0 Å². The number of thioether (sulfide) groups is 1. The van der Waals surface area contributed by atoms with Crippen molar-refractivity contribution in [3.05, 3.63) is 34.9 Å². The largest absolute Gasteiger partial charge is 0.363 e. The zero-order valence-electron chi connectivity index (χ0n) is 10.5. The molecule has 0 unspecified atom stereocenters. The van der Waals surface area contributed by atoms with Crippen molar-refractivity contribution in [2.24, 2.45) is 11.7 Å². The van der Waals surface area contributed by atoms with Gasteiger partial charge in [-0.3, -0.25) is 14.4 Å². The Morgan fingerprint density at radius 2 is 2.05 bits per heavy atom. The molecular weight excluding hydrogens is 276 g/mol. The lowest BCUT2D eigenvalue weighted by Gasteiger charge is -2.29. The number of nitrogens with one attached hydrogen (secondary N) is 1. The molecule has 5 nitrogen and oxygen atoms in total. The molecule has 0 radical (unpaired) electrons. The van der Waals surface area contributed by atoms with Gasteiger partial charge in [0.1, 0.15) is 0 Å². The number of Topliss-reactive ketones (excluding diaryl/α,β-unsaturated/α-hetero) is 2. The lowest BCUT2D eigenvalue weighted by Crippen LogP contribution is -2.38. The summed E-state index contributed by atoms with van der Waals surface area (Å²) < 4.78 is 0. The summed E-state index contributed by atoms with van der Waals surface area (Å²) in [5, 5.41) is 3.23. The number of fused-ring (bicyclic) bond motifs is 1. The SMILES string of the molecule is NC(=O)C(=O)[C@@H]1CCC2=C(Sc3ccccc3N2)C1=O. The van der Waals surface area contributed by atoms with Gasteiger partial charge in [-0.1, -0.05) is 23.9 Å². The predicted octanol–water partition coefficient (Wildman–Crippen LogP) is 1.45. The van der Waals surface area contributed by atoms with Gasteiger partial charge in [0.05, 0.1) is 16.5 Å². The number of hydrogen-bond acceptors (Lipinski definition) is 5. The highest BCUT2D eigenvalue weighted by molar-refractivity contribution is 8.04. The average Bonchev–Trinajstić information content (AvgIpc) is 2.45. The molecule has 20 heavy (non-hydrogen) atoms. The van der Waals surface area contributed by atoms with Crippen LogP contribution in [-0.4, -0.2) is 17.5 Å². The molecule has 1 aliphatic heterocycles. The molecule has 2 aliphatic rings. The molecule has 1 aliphatic carbocycles. The fourth-order valence-corrected chi connectivity index (χ4v) is 3.54. The van der Waals surface area contributed by atoms with Crippen molar-refractivity contribution in [2.45, 2.75) is 17.7 Å². The number of para-hydroxylation sites is 1. The Hall–Kier alpha value is -2.08. The first-order chi connectivity index (χ1) is 9.58. The van der Waals surface area contributed by atoms with Gasteiger partial charge >= 0.3 is 0 Å². The number of nitrogens with two attached hydrogens (primary N) is 1. The van der Waals surface area contributed by atoms with Crippen LogP contribution in [0.3, 0.4) is 0 Å². The highest BCUT2D eigenvalue weighted by Crippen LogP contribution is 2.44. The molecule has 0 bridgehead atoms. The van der Waals surface area contributed by atoms with Crippen molar-refractivity contribution in [3.8, 4) is 0 Å². The fraction of sp³-hybridized carbons (Fsp3) is 0.214. The lowest BCUT2D eigenvalue weighted by atomic mass is 9.87. The molecule has 3 N–H and O–H groups in total. The third-order valence-corrected chi connectivity index (χ3v) is 4.67. The van der Waals surface area contributed by atoms with E-state index in [0.29, 0.717) is 17.7 Å². The van der Waals surface area contributed by atoms with Gasteiger partial charge in [0.15, 0.2) is 5.78 Å². The molecule has 1 aromatic carbocycles. The second kappa shape index (κ2) is 4.79. The van der Waals surface area contributed by atoms with Gasteiger partial charge in [0.2, 0.25) is 5.78 Å². The van der Waals surface area contributed by atoms with Gasteiger partial charge in [-0.25, -0.2) is 0 Å². The van der Waals surface area contributed by atoms with Crippen LogP contribution in [0.5, 0.6) is 0 Å². The van der Waals surface area contributed by atoms with E-state index in [-0.39, 0.29) is 5.78 Å². The average molecular weight is 288 g/mol. The minimum absolute atomic E-state index is 0.304. The van der Waals surface area contributed by atoms with E-state index in [4.69, 9.17) is 5.73 Å². The normalized spacial score (nSPS) is 20.8. The van der Waals surface area contributed by atoms with Crippen LogP contribution in [0.2, 0.25) is 0 Å². The van der Waals surface area contributed by atoms with Gasteiger partial charge in [0.25, 0.3) is 5.91 Å². The summed E-state index contributed by atoms with van der Waals surface area (Å²) in [5.74, 6) is -3.06. The van der Waals surface area contributed by atoms with Gasteiger partial charge in [-0.05, 0) is 25.0 Å². The Bertz CT molecular complexity index is 666. The Kier molecular flexibility index (Phi) is 3.10. The Balaban J connectivity index is 1.92. The number of primary amides is 1. The van der Waals surface area contributed by atoms with Crippen molar-refractivity contribution >= 4 is 34.9 Å². The zero-order valence-corrected chi connectivity index (χ0v) is 11.3. The fourth-order valence-electron chi connectivity index (χ4n) is 2.42. The molecule has 102 valence electrons. The number of carbonyl (C=O) groups excluding carboxylic acids is 3. The van der Waals surface area contributed by atoms with Gasteiger partial charge in [0, 0.05) is 10.6 Å². The molecule has 1 amide bonds. The van der Waals surface area contributed by atoms with E-state index in [2.05, 4.69) is 5.32 Å². The lowest BCUT2D eigenvalue weighted by molar-refractivity contribution is -0.141. The van der Waals surface area contributed by atoms with E-state index in [0.717, 1.165) is 16.3 Å². The summed E-state index contributed by atoms with van der Waals surface area (Å²) >= 11 is 1.35. The molecule has 1 atom stereocenters. The Morgan fingerprint density at radius 3 is 2.80 bits per heavy atom. The van der Waals surface area contributed by atoms with Crippen LogP contribution in [0.25, 0.3) is 0 Å². The highest BCUT2D eigenvalue weighted by atomic mass is 32.2. The highest BCUT2D eigenvalue weighted by Gasteiger charge is 2.38. The van der Waals surface area contributed by atoms with E-state index < -0.39 is 17.6 Å². The molecular formula is C14H12N2O3S. The van der Waals surface area contributed by atoms with Crippen LogP contribution in [0.4, 0.5) is 5.69 Å². The van der Waals surface area contributed by atoms with Crippen molar-refractivity contribution in [1.29, 1.82) is 0 Å². The van der Waals surface area contributed by atoms with Crippen molar-refractivity contribution in [1.82, 2.24) is 0 Å². The Morgan fingerprint density at radius 1 is 1.30 bits per heavy atom. The van der Waals surface area contributed by atoms with Crippen LogP contribution >= 0.6 is 11.8 Å². The number of benzene rings is 1. The number of allylic oxidation sites excluding steroid dienone is 2. The first-order valence-corrected chi connectivity index (χ1v) is 7.04. The molecule has 0 spiro atoms. The quantitative estimate of drug-likeness (QED) is 0.635. The van der Waals surface area contributed by atoms with E-state index in [1.807, 2.05) is 24.3 Å². The smallest absolute Gasteiger partial charge is 0.285 e. The monoisotopic (exact) mass is 288 g/mol. The maximum atomic E-state index is 12.4. The van der Waals surface area contributed by atoms with E-state index >= 15 is 0 Å². The maximum absolute atomic E-state index is 12.4. The van der Waals surface area contributed by atoms with Gasteiger partial charge in [-0.2, -0.15) is 0 Å². The standard InChI is InChI=1S/C14H12N2O3S/c15-14(19)12(18)7-5-6-9-13(11(7)17)20-10-4-2-1-3-8(10)16-9/h1-4,7,16H,5-6H2,(H2,15,19)/t7-/m1/s1. The second-order valence-corrected chi connectivity index (χ2v) is 5.77. The summed E-state index contributed by atoms with van der Waals surface area (Å²) in [6.07, 6.45) is 0.890. The molecule has 6 heteroatoms. The minimum Gasteiger partial charge on any atom is -0.363 e. The topological polar surface area (TPSA) is 89.3 Å². The molecule has 1 heterocycles. The number of amides is 1. The number of hydrogen-bond donors (Lipinski definition) is 2. The number of ketones is 2. The van der Waals surface area contributed by atoms with Crippen LogP contribution in [0.1, 0.15) is 12.8 Å². The van der Waals surface area contributed by atoms with Gasteiger partial charge in [-0.15, -0.1) is 0 Å². The van der Waals surface area contributed by atoms with Crippen LogP contribution in [0.15, 0.2) is 39.8 Å². The molecule has 0 saturated heterocycles. The predicted molar refractivity (Wildman–Crippen MR) is 74.9 cm³/mol. The van der Waals surface area contributed by atoms with Crippen LogP contribution in [-0.2, 0) is 14.4 Å². The summed E-state index contributed by atoms with van der Waals surface area (Å²) in [6, 6.07) is 7.65. The zero-order chi connectivity index (χ0) is 14.3. The summed E-state index contributed by atoms with van der Waals surface area (Å²) in [7, 11) is 0. The van der Waals surface area contributed by atoms with Gasteiger partial charge < -0.3 is 11.1 Å². The third kappa shape index (κ3) is 2.02. The minimum atomic E-state index is -1.04. The van der Waals surface area contributed by atoms with Crippen molar-refractivity contribution in [2.75, 3.05) is 5.32 Å². The van der Waals surface area contributed by atoms with E-state index in [1.165, 1.54) is 11.8 Å². The van der Waals surface area contributed by atoms with Crippen LogP contribution < -0.4 is 11.1 Å². The summed E-state index contributed by atoms with van der Waals surface area (Å²) in [4.78, 5) is 36.5. The number of carbonyl (C=O) groups is 3. The maximum Gasteiger partial charge on any atom is 0.285 e. The molecule has 0 fully saturated rings. The number of rotatable bonds is 2. The van der Waals surface area contributed by atoms with Crippen molar-refractivity contribution < 1.29 is 14.4 Å². The van der Waals surface area contributed by atoms with Crippen LogP contribution in [0, 0.1) is 5.92 Å². The summed E-state index contributed by atoms with van der Waals surface area (Å²) in [5.41, 5.74) is 6.78. The third-order valence-electron chi connectivity index (χ3n) is 3.44. The second-order valence-electron chi connectivity index (χ2n) is 4.71. The molecule has 0 aromatic heterocycles.